The number of carboxylic acid groups (broad SMARTS) is 1. The van der Waals surface area contributed by atoms with Crippen LogP contribution in [-0.4, -0.2) is 29.4 Å². The van der Waals surface area contributed by atoms with E-state index in [1.165, 1.54) is 17.5 Å². The molecule has 4 nitrogen and oxygen atoms in total. The molecule has 6 atom stereocenters. The lowest BCUT2D eigenvalue weighted by molar-refractivity contribution is -0.137. The zero-order valence-corrected chi connectivity index (χ0v) is 15.8. The van der Waals surface area contributed by atoms with E-state index < -0.39 is 5.97 Å². The van der Waals surface area contributed by atoms with Gasteiger partial charge in [0, 0.05) is 13.5 Å². The number of aryl methyl sites for hydroxylation is 1. The molecule has 2 saturated carbocycles. The van der Waals surface area contributed by atoms with E-state index >= 15 is 0 Å². The number of aromatic hydroxyl groups is 1. The highest BCUT2D eigenvalue weighted by atomic mass is 16.5. The van der Waals surface area contributed by atoms with Crippen molar-refractivity contribution in [2.75, 3.05) is 7.11 Å². The molecule has 0 amide bonds. The number of carboxylic acids is 1. The van der Waals surface area contributed by atoms with Gasteiger partial charge in [-0.25, -0.2) is 0 Å². The maximum atomic E-state index is 11.2. The van der Waals surface area contributed by atoms with Crippen LogP contribution in [0.5, 0.6) is 5.75 Å². The van der Waals surface area contributed by atoms with Crippen LogP contribution in [-0.2, 0) is 16.0 Å². The Kier molecular flexibility index (Phi) is 4.50. The predicted octanol–water partition coefficient (Wildman–Crippen LogP) is 4.35. The second-order valence-electron chi connectivity index (χ2n) is 8.91. The van der Waals surface area contributed by atoms with Gasteiger partial charge >= 0.3 is 5.97 Å². The Morgan fingerprint density at radius 2 is 2.15 bits per heavy atom. The lowest BCUT2D eigenvalue weighted by atomic mass is 9.53. The van der Waals surface area contributed by atoms with Crippen molar-refractivity contribution < 1.29 is 19.7 Å². The van der Waals surface area contributed by atoms with Gasteiger partial charge in [-0.1, -0.05) is 13.0 Å². The molecule has 1 aromatic carbocycles. The summed E-state index contributed by atoms with van der Waals surface area (Å²) in [5.74, 6) is 1.79. The number of aliphatic carboxylic acids is 1. The lowest BCUT2D eigenvalue weighted by Gasteiger charge is -2.51. The smallest absolute Gasteiger partial charge is 0.303 e. The summed E-state index contributed by atoms with van der Waals surface area (Å²) >= 11 is 0. The van der Waals surface area contributed by atoms with Crippen LogP contribution in [0.3, 0.4) is 0 Å². The summed E-state index contributed by atoms with van der Waals surface area (Å²) < 4.78 is 5.91. The third-order valence-electron chi connectivity index (χ3n) is 7.78. The number of benzene rings is 1. The Morgan fingerprint density at radius 1 is 1.35 bits per heavy atom. The molecule has 0 spiro atoms. The van der Waals surface area contributed by atoms with Gasteiger partial charge in [-0.3, -0.25) is 4.79 Å². The summed E-state index contributed by atoms with van der Waals surface area (Å²) in [5, 5.41) is 19.0. The Morgan fingerprint density at radius 3 is 2.88 bits per heavy atom. The van der Waals surface area contributed by atoms with Crippen molar-refractivity contribution in [3.63, 3.8) is 0 Å². The van der Waals surface area contributed by atoms with Crippen molar-refractivity contribution in [1.82, 2.24) is 0 Å². The van der Waals surface area contributed by atoms with Crippen LogP contribution in [0, 0.1) is 23.2 Å². The summed E-state index contributed by atoms with van der Waals surface area (Å²) in [7, 11) is 1.82. The van der Waals surface area contributed by atoms with E-state index in [4.69, 9.17) is 4.74 Å². The number of hydrogen-bond donors (Lipinski definition) is 2. The molecule has 4 rings (SSSR count). The molecule has 2 N–H and O–H groups in total. The molecular weight excluding hydrogens is 328 g/mol. The van der Waals surface area contributed by atoms with E-state index in [9.17, 15) is 15.0 Å². The van der Waals surface area contributed by atoms with Crippen LogP contribution in [0.15, 0.2) is 18.2 Å². The van der Waals surface area contributed by atoms with Gasteiger partial charge in [-0.05, 0) is 90.9 Å². The Bertz CT molecular complexity index is 699. The zero-order chi connectivity index (χ0) is 18.5. The van der Waals surface area contributed by atoms with Crippen LogP contribution in [0.4, 0.5) is 0 Å². The second kappa shape index (κ2) is 6.56. The number of carbonyl (C=O) groups is 1. The van der Waals surface area contributed by atoms with Crippen molar-refractivity contribution >= 4 is 5.97 Å². The van der Waals surface area contributed by atoms with E-state index in [0.29, 0.717) is 29.4 Å². The molecule has 0 saturated heterocycles. The van der Waals surface area contributed by atoms with E-state index in [1.807, 2.05) is 19.2 Å². The minimum Gasteiger partial charge on any atom is -0.508 e. The fraction of sp³-hybridized carbons (Fsp3) is 0.682. The molecule has 26 heavy (non-hydrogen) atoms. The number of phenolic OH excluding ortho intramolecular Hbond substituents is 1. The first-order valence-corrected chi connectivity index (χ1v) is 10.0. The number of phenols is 1. The molecule has 0 radical (unpaired) electrons. The Hall–Kier alpha value is -1.55. The van der Waals surface area contributed by atoms with Crippen LogP contribution >= 0.6 is 0 Å². The summed E-state index contributed by atoms with van der Waals surface area (Å²) in [4.78, 5) is 11.2. The van der Waals surface area contributed by atoms with Gasteiger partial charge < -0.3 is 14.9 Å². The molecule has 1 aromatic rings. The highest BCUT2D eigenvalue weighted by molar-refractivity contribution is 5.66. The Balaban J connectivity index is 1.66. The molecule has 3 aliphatic rings. The molecule has 0 heterocycles. The molecule has 3 unspecified atom stereocenters. The van der Waals surface area contributed by atoms with Crippen molar-refractivity contribution in [2.45, 2.75) is 63.9 Å². The average Bonchev–Trinajstić information content (AvgIpc) is 2.91. The molecule has 142 valence electrons. The molecule has 3 aliphatic carbocycles. The minimum absolute atomic E-state index is 0.160. The van der Waals surface area contributed by atoms with E-state index in [0.717, 1.165) is 32.1 Å². The zero-order valence-electron chi connectivity index (χ0n) is 15.8. The number of methoxy groups -OCH3 is 1. The normalized spacial score (nSPS) is 38.3. The monoisotopic (exact) mass is 358 g/mol. The molecule has 0 aromatic heterocycles. The van der Waals surface area contributed by atoms with Gasteiger partial charge in [-0.15, -0.1) is 0 Å². The largest absolute Gasteiger partial charge is 0.508 e. The van der Waals surface area contributed by atoms with Gasteiger partial charge in [0.15, 0.2) is 0 Å². The predicted molar refractivity (Wildman–Crippen MR) is 99.3 cm³/mol. The lowest BCUT2D eigenvalue weighted by Crippen LogP contribution is -2.45. The third kappa shape index (κ3) is 2.74. The maximum absolute atomic E-state index is 11.2. The maximum Gasteiger partial charge on any atom is 0.303 e. The first-order valence-electron chi connectivity index (χ1n) is 10.0. The highest BCUT2D eigenvalue weighted by Gasteiger charge is 2.58. The summed E-state index contributed by atoms with van der Waals surface area (Å²) in [6.07, 6.45) is 6.73. The average molecular weight is 358 g/mol. The molecule has 4 heteroatoms. The quantitative estimate of drug-likeness (QED) is 0.839. The van der Waals surface area contributed by atoms with E-state index in [-0.39, 0.29) is 17.9 Å². The Labute approximate surface area is 155 Å². The van der Waals surface area contributed by atoms with Crippen molar-refractivity contribution in [1.29, 1.82) is 0 Å². The van der Waals surface area contributed by atoms with Crippen LogP contribution < -0.4 is 0 Å². The van der Waals surface area contributed by atoms with Gasteiger partial charge in [0.1, 0.15) is 5.75 Å². The number of rotatable bonds is 4. The topological polar surface area (TPSA) is 66.8 Å². The summed E-state index contributed by atoms with van der Waals surface area (Å²) in [6.45, 7) is 2.38. The van der Waals surface area contributed by atoms with Crippen LogP contribution in [0.2, 0.25) is 0 Å². The van der Waals surface area contributed by atoms with Crippen molar-refractivity contribution in [3.05, 3.63) is 29.3 Å². The molecule has 2 fully saturated rings. The standard InChI is InChI=1S/C22H30O4/c1-22-10-9-17-16-7-5-15(23)11-13(16)3-6-18(17)21(22)14(4-8-20(24)25)12-19(22)26-2/h5,7,11,14,17-19,21,23H,3-4,6,8-10,12H2,1-2H3,(H,24,25)/t14-,17?,18?,19+,21?,22-/m1/s1. The molecular formula is C22H30O4. The first-order chi connectivity index (χ1) is 12.4. The van der Waals surface area contributed by atoms with Crippen LogP contribution in [0.25, 0.3) is 0 Å². The fourth-order valence-corrected chi connectivity index (χ4v) is 6.77. The van der Waals surface area contributed by atoms with Crippen molar-refractivity contribution in [2.24, 2.45) is 23.2 Å². The van der Waals surface area contributed by atoms with Gasteiger partial charge in [-0.2, -0.15) is 0 Å². The van der Waals surface area contributed by atoms with Crippen molar-refractivity contribution in [3.8, 4) is 5.75 Å². The summed E-state index contributed by atoms with van der Waals surface area (Å²) in [5.41, 5.74) is 2.88. The van der Waals surface area contributed by atoms with E-state index in [2.05, 4.69) is 13.0 Å². The van der Waals surface area contributed by atoms with Gasteiger partial charge in [0.25, 0.3) is 0 Å². The third-order valence-corrected chi connectivity index (χ3v) is 7.78. The molecule has 0 aliphatic heterocycles. The van der Waals surface area contributed by atoms with Gasteiger partial charge in [0.2, 0.25) is 0 Å². The van der Waals surface area contributed by atoms with Gasteiger partial charge in [0.05, 0.1) is 6.10 Å². The number of ether oxygens (including phenoxy) is 1. The SMILES string of the molecule is CO[C@H]1C[C@@H](CCC(=O)O)C2C3CCc4cc(O)ccc4C3CC[C@@]21C. The first kappa shape index (κ1) is 17.8. The number of hydrogen-bond acceptors (Lipinski definition) is 3. The second-order valence-corrected chi connectivity index (χ2v) is 8.91. The van der Waals surface area contributed by atoms with Crippen LogP contribution in [0.1, 0.15) is 62.5 Å². The number of fused-ring (bicyclic) bond motifs is 5. The highest BCUT2D eigenvalue weighted by Crippen LogP contribution is 2.64. The molecule has 0 bridgehead atoms. The fourth-order valence-electron chi connectivity index (χ4n) is 6.77. The summed E-state index contributed by atoms with van der Waals surface area (Å²) in [6, 6.07) is 5.89. The van der Waals surface area contributed by atoms with E-state index in [1.54, 1.807) is 0 Å². The minimum atomic E-state index is -0.690.